The van der Waals surface area contributed by atoms with Gasteiger partial charge >= 0.3 is 0 Å². The average molecular weight is 236 g/mol. The molecule has 0 aliphatic rings. The van der Waals surface area contributed by atoms with E-state index in [9.17, 15) is 4.79 Å². The summed E-state index contributed by atoms with van der Waals surface area (Å²) in [5, 5.41) is 0. The third-order valence-electron chi connectivity index (χ3n) is 1.81. The van der Waals surface area contributed by atoms with Crippen LogP contribution in [0.1, 0.15) is 33.6 Å². The maximum Gasteiger partial charge on any atom is 0.236 e. The lowest BCUT2D eigenvalue weighted by Gasteiger charge is -2.22. The van der Waals surface area contributed by atoms with E-state index in [4.69, 9.17) is 0 Å². The Hall–Kier alpha value is -0.0500. The van der Waals surface area contributed by atoms with Crippen LogP contribution in [0, 0.1) is 0 Å². The van der Waals surface area contributed by atoms with Crippen LogP contribution in [0.5, 0.6) is 0 Å². The summed E-state index contributed by atoms with van der Waals surface area (Å²) in [6.45, 7) is 7.80. The van der Waals surface area contributed by atoms with E-state index in [-0.39, 0.29) is 10.7 Å². The standard InChI is InChI=1S/C9H18BrNO/c1-4-7-11(6-3)9(12)8(10)5-2/h8H,4-7H2,1-3H3. The Morgan fingerprint density at radius 3 is 2.33 bits per heavy atom. The molecule has 1 amide bonds. The predicted octanol–water partition coefficient (Wildman–Crippen LogP) is 2.42. The summed E-state index contributed by atoms with van der Waals surface area (Å²) in [5.74, 6) is 0.224. The van der Waals surface area contributed by atoms with Gasteiger partial charge in [-0.25, -0.2) is 0 Å². The van der Waals surface area contributed by atoms with Gasteiger partial charge in [-0.05, 0) is 19.8 Å². The number of alkyl halides is 1. The van der Waals surface area contributed by atoms with Crippen molar-refractivity contribution in [1.82, 2.24) is 4.90 Å². The van der Waals surface area contributed by atoms with Gasteiger partial charge in [-0.2, -0.15) is 0 Å². The van der Waals surface area contributed by atoms with E-state index < -0.39 is 0 Å². The second-order valence-corrected chi connectivity index (χ2v) is 3.90. The van der Waals surface area contributed by atoms with Crippen molar-refractivity contribution in [2.45, 2.75) is 38.4 Å². The molecule has 1 atom stereocenters. The molecule has 0 aromatic heterocycles. The molecule has 0 aliphatic heterocycles. The van der Waals surface area contributed by atoms with Gasteiger partial charge in [0.1, 0.15) is 0 Å². The summed E-state index contributed by atoms with van der Waals surface area (Å²) < 4.78 is 0. The topological polar surface area (TPSA) is 20.3 Å². The molecule has 0 spiro atoms. The first-order valence-corrected chi connectivity index (χ1v) is 5.51. The fraction of sp³-hybridized carbons (Fsp3) is 0.889. The fourth-order valence-electron chi connectivity index (χ4n) is 1.07. The van der Waals surface area contributed by atoms with Crippen LogP contribution < -0.4 is 0 Å². The highest BCUT2D eigenvalue weighted by molar-refractivity contribution is 9.10. The van der Waals surface area contributed by atoms with Gasteiger partial charge in [-0.15, -0.1) is 0 Å². The third-order valence-corrected chi connectivity index (χ3v) is 2.85. The SMILES string of the molecule is CCCN(CC)C(=O)C(Br)CC. The summed E-state index contributed by atoms with van der Waals surface area (Å²) in [6.07, 6.45) is 1.89. The second kappa shape index (κ2) is 6.46. The molecule has 0 N–H and O–H groups in total. The Kier molecular flexibility index (Phi) is 6.44. The van der Waals surface area contributed by atoms with Crippen molar-refractivity contribution in [3.63, 3.8) is 0 Å². The van der Waals surface area contributed by atoms with Crippen LogP contribution in [0.25, 0.3) is 0 Å². The van der Waals surface area contributed by atoms with Crippen LogP contribution in [-0.2, 0) is 4.79 Å². The van der Waals surface area contributed by atoms with E-state index in [0.29, 0.717) is 0 Å². The average Bonchev–Trinajstić information content (AvgIpc) is 2.11. The van der Waals surface area contributed by atoms with Crippen LogP contribution in [0.4, 0.5) is 0 Å². The third kappa shape index (κ3) is 3.57. The Labute approximate surface area is 83.4 Å². The van der Waals surface area contributed by atoms with Crippen LogP contribution in [0.15, 0.2) is 0 Å². The largest absolute Gasteiger partial charge is 0.342 e. The zero-order valence-corrected chi connectivity index (χ0v) is 9.73. The molecular formula is C9H18BrNO. The second-order valence-electron chi connectivity index (χ2n) is 2.79. The highest BCUT2D eigenvalue weighted by Crippen LogP contribution is 2.09. The molecule has 0 saturated heterocycles. The number of hydrogen-bond donors (Lipinski definition) is 0. The van der Waals surface area contributed by atoms with E-state index in [1.165, 1.54) is 0 Å². The number of rotatable bonds is 5. The minimum absolute atomic E-state index is 0.00370. The Bertz CT molecular complexity index is 138. The zero-order chi connectivity index (χ0) is 9.56. The highest BCUT2D eigenvalue weighted by atomic mass is 79.9. The predicted molar refractivity (Wildman–Crippen MR) is 55.6 cm³/mol. The molecule has 0 bridgehead atoms. The number of nitrogens with zero attached hydrogens (tertiary/aromatic N) is 1. The van der Waals surface area contributed by atoms with Crippen molar-refractivity contribution >= 4 is 21.8 Å². The summed E-state index contributed by atoms with van der Waals surface area (Å²) in [4.78, 5) is 13.5. The molecular weight excluding hydrogens is 218 g/mol. The Morgan fingerprint density at radius 1 is 1.42 bits per heavy atom. The van der Waals surface area contributed by atoms with E-state index in [0.717, 1.165) is 25.9 Å². The lowest BCUT2D eigenvalue weighted by Crippen LogP contribution is -2.36. The van der Waals surface area contributed by atoms with Gasteiger partial charge in [0.15, 0.2) is 0 Å². The molecule has 0 rings (SSSR count). The lowest BCUT2D eigenvalue weighted by molar-refractivity contribution is -0.130. The minimum atomic E-state index is 0.00370. The summed E-state index contributed by atoms with van der Waals surface area (Å²) in [7, 11) is 0. The maximum absolute atomic E-state index is 11.6. The van der Waals surface area contributed by atoms with E-state index >= 15 is 0 Å². The Morgan fingerprint density at radius 2 is 2.00 bits per heavy atom. The van der Waals surface area contributed by atoms with Gasteiger partial charge in [-0.3, -0.25) is 4.79 Å². The molecule has 3 heteroatoms. The summed E-state index contributed by atoms with van der Waals surface area (Å²) >= 11 is 3.36. The van der Waals surface area contributed by atoms with Gasteiger partial charge in [0.05, 0.1) is 4.83 Å². The van der Waals surface area contributed by atoms with Crippen molar-refractivity contribution in [1.29, 1.82) is 0 Å². The van der Waals surface area contributed by atoms with Gasteiger partial charge in [0.25, 0.3) is 0 Å². The highest BCUT2D eigenvalue weighted by Gasteiger charge is 2.17. The van der Waals surface area contributed by atoms with Crippen molar-refractivity contribution < 1.29 is 4.79 Å². The van der Waals surface area contributed by atoms with Crippen LogP contribution in [0.2, 0.25) is 0 Å². The first-order valence-electron chi connectivity index (χ1n) is 4.60. The maximum atomic E-state index is 11.6. The molecule has 72 valence electrons. The zero-order valence-electron chi connectivity index (χ0n) is 8.14. The minimum Gasteiger partial charge on any atom is -0.342 e. The first kappa shape index (κ1) is 11.9. The van der Waals surface area contributed by atoms with Gasteiger partial charge in [-0.1, -0.05) is 29.8 Å². The number of amides is 1. The van der Waals surface area contributed by atoms with Crippen LogP contribution >= 0.6 is 15.9 Å². The number of carbonyl (C=O) groups excluding carboxylic acids is 1. The molecule has 0 heterocycles. The molecule has 0 aromatic carbocycles. The molecule has 0 radical (unpaired) electrons. The van der Waals surface area contributed by atoms with Crippen molar-refractivity contribution in [2.24, 2.45) is 0 Å². The van der Waals surface area contributed by atoms with Crippen LogP contribution in [0.3, 0.4) is 0 Å². The number of hydrogen-bond acceptors (Lipinski definition) is 1. The lowest BCUT2D eigenvalue weighted by atomic mass is 10.3. The van der Waals surface area contributed by atoms with Crippen molar-refractivity contribution in [3.8, 4) is 0 Å². The molecule has 0 aliphatic carbocycles. The monoisotopic (exact) mass is 235 g/mol. The van der Waals surface area contributed by atoms with Crippen molar-refractivity contribution in [2.75, 3.05) is 13.1 Å². The summed E-state index contributed by atoms with van der Waals surface area (Å²) in [6, 6.07) is 0. The molecule has 2 nitrogen and oxygen atoms in total. The Balaban J connectivity index is 4.01. The van der Waals surface area contributed by atoms with E-state index in [1.54, 1.807) is 0 Å². The summed E-state index contributed by atoms with van der Waals surface area (Å²) in [5.41, 5.74) is 0. The number of halogens is 1. The van der Waals surface area contributed by atoms with Gasteiger partial charge < -0.3 is 4.90 Å². The van der Waals surface area contributed by atoms with Crippen LogP contribution in [-0.4, -0.2) is 28.7 Å². The molecule has 0 saturated carbocycles. The van der Waals surface area contributed by atoms with E-state index in [2.05, 4.69) is 22.9 Å². The quantitative estimate of drug-likeness (QED) is 0.671. The first-order chi connectivity index (χ1) is 5.67. The van der Waals surface area contributed by atoms with Gasteiger partial charge in [0.2, 0.25) is 5.91 Å². The fourth-order valence-corrected chi connectivity index (χ4v) is 1.36. The number of carbonyl (C=O) groups is 1. The van der Waals surface area contributed by atoms with Gasteiger partial charge in [0, 0.05) is 13.1 Å². The molecule has 0 fully saturated rings. The molecule has 1 unspecified atom stereocenters. The molecule has 12 heavy (non-hydrogen) atoms. The normalized spacial score (nSPS) is 12.7. The molecule has 0 aromatic rings. The van der Waals surface area contributed by atoms with Crippen molar-refractivity contribution in [3.05, 3.63) is 0 Å². The van der Waals surface area contributed by atoms with E-state index in [1.807, 2.05) is 18.7 Å². The smallest absolute Gasteiger partial charge is 0.236 e.